The minimum Gasteiger partial charge on any atom is -0.381 e. The Morgan fingerprint density at radius 3 is 2.61 bits per heavy atom. The maximum absolute atomic E-state index is 11.7. The first-order valence-electron chi connectivity index (χ1n) is 12.5. The Bertz CT molecular complexity index is 1260. The summed E-state index contributed by atoms with van der Waals surface area (Å²) in [6, 6.07) is 15.6. The first kappa shape index (κ1) is 24.2. The van der Waals surface area contributed by atoms with Gasteiger partial charge in [-0.1, -0.05) is 30.3 Å². The van der Waals surface area contributed by atoms with Crippen LogP contribution in [0.4, 0.5) is 0 Å². The van der Waals surface area contributed by atoms with Crippen LogP contribution in [-0.2, 0) is 11.2 Å². The molecule has 4 aromatic rings. The van der Waals surface area contributed by atoms with Crippen LogP contribution in [0.5, 0.6) is 0 Å². The smallest absolute Gasteiger partial charge is 0.248 e. The summed E-state index contributed by atoms with van der Waals surface area (Å²) in [6.45, 7) is 3.01. The molecule has 188 valence electrons. The van der Waals surface area contributed by atoms with Crippen LogP contribution in [0.1, 0.15) is 36.4 Å². The van der Waals surface area contributed by atoms with Gasteiger partial charge in [0, 0.05) is 28.8 Å². The molecule has 2 aromatic heterocycles. The van der Waals surface area contributed by atoms with Crippen molar-refractivity contribution in [2.24, 2.45) is 5.73 Å². The van der Waals surface area contributed by atoms with Crippen molar-refractivity contribution in [2.75, 3.05) is 19.6 Å². The van der Waals surface area contributed by atoms with Gasteiger partial charge >= 0.3 is 0 Å². The topological polar surface area (TPSA) is 125 Å². The lowest BCUT2D eigenvalue weighted by Crippen LogP contribution is -2.48. The summed E-state index contributed by atoms with van der Waals surface area (Å²) in [5, 5.41) is 23.0. The number of likely N-dealkylation sites (tertiary alicyclic amines) is 1. The number of nitrogens with two attached hydrogens (primary N) is 1. The number of rotatable bonds is 10. The predicted octanol–water partition coefficient (Wildman–Crippen LogP) is 2.32. The molecule has 1 fully saturated rings. The zero-order valence-electron chi connectivity index (χ0n) is 20.3. The number of aromatic amines is 1. The third kappa shape index (κ3) is 5.48. The summed E-state index contributed by atoms with van der Waals surface area (Å²) < 4.78 is 1.92. The predicted molar refractivity (Wildman–Crippen MR) is 139 cm³/mol. The zero-order chi connectivity index (χ0) is 24.9. The van der Waals surface area contributed by atoms with E-state index in [4.69, 9.17) is 5.73 Å². The van der Waals surface area contributed by atoms with Gasteiger partial charge < -0.3 is 26.0 Å². The van der Waals surface area contributed by atoms with Gasteiger partial charge in [-0.2, -0.15) is 0 Å². The van der Waals surface area contributed by atoms with Crippen LogP contribution in [0.15, 0.2) is 67.4 Å². The first-order chi connectivity index (χ1) is 17.6. The number of primary amides is 1. The Hall–Kier alpha value is -3.53. The van der Waals surface area contributed by atoms with E-state index in [0.717, 1.165) is 62.1 Å². The van der Waals surface area contributed by atoms with Crippen molar-refractivity contribution in [2.45, 2.75) is 43.9 Å². The number of fused-ring (bicyclic) bond motifs is 1. The van der Waals surface area contributed by atoms with E-state index in [-0.39, 0.29) is 6.04 Å². The van der Waals surface area contributed by atoms with Crippen LogP contribution in [0.25, 0.3) is 16.6 Å². The van der Waals surface area contributed by atoms with Gasteiger partial charge in [-0.15, -0.1) is 10.2 Å². The SMILES string of the molecule is NC(=O)C(O)[C@H](NC1CCN(CCCc2c[nH]c3ccc(-n4cnnc4)cc23)CC1)c1ccccc1. The van der Waals surface area contributed by atoms with Crippen LogP contribution in [-0.4, -0.2) is 67.4 Å². The van der Waals surface area contributed by atoms with E-state index >= 15 is 0 Å². The second kappa shape index (κ2) is 11.0. The van der Waals surface area contributed by atoms with Gasteiger partial charge in [-0.25, -0.2) is 0 Å². The highest BCUT2D eigenvalue weighted by Crippen LogP contribution is 2.24. The van der Waals surface area contributed by atoms with E-state index in [9.17, 15) is 9.90 Å². The molecule has 1 aliphatic rings. The normalized spacial score (nSPS) is 16.8. The number of amides is 1. The first-order valence-corrected chi connectivity index (χ1v) is 12.5. The number of nitrogens with one attached hydrogen (secondary N) is 2. The van der Waals surface area contributed by atoms with E-state index in [1.807, 2.05) is 34.9 Å². The molecule has 9 heteroatoms. The number of H-pyrrole nitrogens is 1. The summed E-state index contributed by atoms with van der Waals surface area (Å²) in [5.74, 6) is -0.708. The summed E-state index contributed by atoms with van der Waals surface area (Å²) in [6.07, 6.45) is 8.29. The number of aliphatic hydroxyl groups is 1. The lowest BCUT2D eigenvalue weighted by Gasteiger charge is -2.35. The Labute approximate surface area is 210 Å². The minimum absolute atomic E-state index is 0.227. The minimum atomic E-state index is -1.26. The van der Waals surface area contributed by atoms with Crippen LogP contribution in [0, 0.1) is 0 Å². The van der Waals surface area contributed by atoms with Crippen molar-refractivity contribution in [1.29, 1.82) is 0 Å². The fourth-order valence-electron chi connectivity index (χ4n) is 5.13. The average molecular weight is 488 g/mol. The number of carbonyl (C=O) groups is 1. The molecule has 2 atom stereocenters. The Morgan fingerprint density at radius 1 is 1.14 bits per heavy atom. The molecule has 0 saturated carbocycles. The third-order valence-corrected chi connectivity index (χ3v) is 7.16. The fourth-order valence-corrected chi connectivity index (χ4v) is 5.13. The maximum Gasteiger partial charge on any atom is 0.248 e. The fraction of sp³-hybridized carbons (Fsp3) is 0.370. The molecule has 0 aliphatic carbocycles. The number of hydrogen-bond donors (Lipinski definition) is 4. The van der Waals surface area contributed by atoms with Crippen LogP contribution < -0.4 is 11.1 Å². The summed E-state index contributed by atoms with van der Waals surface area (Å²) in [4.78, 5) is 17.6. The molecule has 1 aliphatic heterocycles. The number of aryl methyl sites for hydroxylation is 1. The number of carbonyl (C=O) groups excluding carboxylic acids is 1. The number of piperidine rings is 1. The molecule has 2 aromatic carbocycles. The Balaban J connectivity index is 1.13. The summed E-state index contributed by atoms with van der Waals surface area (Å²) in [7, 11) is 0. The molecule has 0 bridgehead atoms. The lowest BCUT2D eigenvalue weighted by molar-refractivity contribution is -0.127. The number of hydrogen-bond acceptors (Lipinski definition) is 6. The number of aromatic nitrogens is 4. The zero-order valence-corrected chi connectivity index (χ0v) is 20.3. The van der Waals surface area contributed by atoms with E-state index in [1.165, 1.54) is 10.9 Å². The van der Waals surface area contributed by atoms with Gasteiger partial charge in [0.2, 0.25) is 5.91 Å². The molecule has 0 radical (unpaired) electrons. The van der Waals surface area contributed by atoms with Gasteiger partial charge in [0.05, 0.1) is 6.04 Å². The molecule has 5 rings (SSSR count). The number of benzene rings is 2. The molecular weight excluding hydrogens is 454 g/mol. The van der Waals surface area contributed by atoms with Crippen LogP contribution in [0.3, 0.4) is 0 Å². The van der Waals surface area contributed by atoms with E-state index in [1.54, 1.807) is 12.7 Å². The second-order valence-corrected chi connectivity index (χ2v) is 9.53. The molecule has 0 spiro atoms. The van der Waals surface area contributed by atoms with Crippen molar-refractivity contribution < 1.29 is 9.90 Å². The van der Waals surface area contributed by atoms with Crippen LogP contribution in [0.2, 0.25) is 0 Å². The Morgan fingerprint density at radius 2 is 1.89 bits per heavy atom. The molecule has 1 unspecified atom stereocenters. The van der Waals surface area contributed by atoms with Crippen molar-refractivity contribution in [1.82, 2.24) is 30.0 Å². The van der Waals surface area contributed by atoms with Crippen LogP contribution >= 0.6 is 0 Å². The molecule has 9 nitrogen and oxygen atoms in total. The lowest BCUT2D eigenvalue weighted by atomic mass is 9.97. The molecule has 3 heterocycles. The van der Waals surface area contributed by atoms with Crippen molar-refractivity contribution in [3.05, 3.63) is 78.5 Å². The van der Waals surface area contributed by atoms with Crippen molar-refractivity contribution >= 4 is 16.8 Å². The third-order valence-electron chi connectivity index (χ3n) is 7.16. The van der Waals surface area contributed by atoms with Gasteiger partial charge in [-0.05, 0) is 74.6 Å². The molecule has 1 amide bonds. The van der Waals surface area contributed by atoms with Gasteiger partial charge in [0.25, 0.3) is 0 Å². The van der Waals surface area contributed by atoms with E-state index < -0.39 is 18.1 Å². The van der Waals surface area contributed by atoms with Gasteiger partial charge in [-0.3, -0.25) is 9.36 Å². The van der Waals surface area contributed by atoms with Crippen molar-refractivity contribution in [3.63, 3.8) is 0 Å². The monoisotopic (exact) mass is 487 g/mol. The highest BCUT2D eigenvalue weighted by atomic mass is 16.3. The molecule has 36 heavy (non-hydrogen) atoms. The summed E-state index contributed by atoms with van der Waals surface area (Å²) in [5.41, 5.74) is 9.80. The second-order valence-electron chi connectivity index (χ2n) is 9.53. The van der Waals surface area contributed by atoms with E-state index in [0.29, 0.717) is 0 Å². The highest BCUT2D eigenvalue weighted by Gasteiger charge is 2.29. The maximum atomic E-state index is 11.7. The molecular formula is C27H33N7O2. The quantitative estimate of drug-likeness (QED) is 0.272. The van der Waals surface area contributed by atoms with Gasteiger partial charge in [0.15, 0.2) is 6.10 Å². The van der Waals surface area contributed by atoms with E-state index in [2.05, 4.69) is 49.8 Å². The number of nitrogens with zero attached hydrogens (tertiary/aromatic N) is 4. The van der Waals surface area contributed by atoms with Gasteiger partial charge in [0.1, 0.15) is 12.7 Å². The largest absolute Gasteiger partial charge is 0.381 e. The standard InChI is InChI=1S/C27H33N7O2/c28-27(36)26(35)25(19-5-2-1-3-6-19)32-21-10-13-33(14-11-21)12-4-7-20-16-29-24-9-8-22(15-23(20)24)34-17-30-31-18-34/h1-3,5-6,8-9,15-18,21,25-26,29,32,35H,4,7,10-14H2,(H2,28,36)/t25-,26?/m1/s1. The Kier molecular flexibility index (Phi) is 7.41. The summed E-state index contributed by atoms with van der Waals surface area (Å²) >= 11 is 0. The highest BCUT2D eigenvalue weighted by molar-refractivity contribution is 5.85. The molecule has 5 N–H and O–H groups in total. The molecule has 1 saturated heterocycles. The number of aliphatic hydroxyl groups excluding tert-OH is 1. The van der Waals surface area contributed by atoms with Crippen molar-refractivity contribution in [3.8, 4) is 5.69 Å². The average Bonchev–Trinajstić information content (AvgIpc) is 3.58.